The van der Waals surface area contributed by atoms with E-state index in [0.717, 1.165) is 28.4 Å². The van der Waals surface area contributed by atoms with Crippen LogP contribution in [0.1, 0.15) is 29.7 Å². The normalized spacial score (nSPS) is 12.2. The molecule has 0 aromatic heterocycles. The van der Waals surface area contributed by atoms with Crippen molar-refractivity contribution in [3.8, 4) is 0 Å². The van der Waals surface area contributed by atoms with E-state index in [9.17, 15) is 5.11 Å². The fourth-order valence-electron chi connectivity index (χ4n) is 2.43. The third-order valence-corrected chi connectivity index (χ3v) is 4.13. The molecule has 112 valence electrons. The number of nitrogens with zero attached hydrogens (tertiary/aromatic N) is 1. The second kappa shape index (κ2) is 6.97. The fraction of sp³-hybridized carbons (Fsp3) is 0.333. The van der Waals surface area contributed by atoms with Gasteiger partial charge in [-0.1, -0.05) is 35.9 Å². The predicted octanol–water partition coefficient (Wildman–Crippen LogP) is 4.52. The molecular formula is C18H22ClNO. The first-order valence-corrected chi connectivity index (χ1v) is 7.64. The van der Waals surface area contributed by atoms with Crippen molar-refractivity contribution in [3.63, 3.8) is 0 Å². The molecule has 0 saturated carbocycles. The lowest BCUT2D eigenvalue weighted by molar-refractivity contribution is 0.183. The minimum absolute atomic E-state index is 0.526. The molecule has 21 heavy (non-hydrogen) atoms. The highest BCUT2D eigenvalue weighted by Crippen LogP contribution is 2.24. The molecule has 0 bridgehead atoms. The van der Waals surface area contributed by atoms with Crippen molar-refractivity contribution in [3.05, 3.63) is 64.2 Å². The van der Waals surface area contributed by atoms with Gasteiger partial charge in [0, 0.05) is 23.8 Å². The third kappa shape index (κ3) is 3.99. The highest BCUT2D eigenvalue weighted by Gasteiger charge is 2.14. The topological polar surface area (TPSA) is 23.5 Å². The molecule has 2 nitrogen and oxygen atoms in total. The molecule has 0 radical (unpaired) electrons. The summed E-state index contributed by atoms with van der Waals surface area (Å²) in [6.45, 7) is 7.56. The molecule has 0 spiro atoms. The Bertz CT molecular complexity index is 612. The number of aryl methyl sites for hydroxylation is 2. The van der Waals surface area contributed by atoms with E-state index < -0.39 is 6.10 Å². The van der Waals surface area contributed by atoms with Gasteiger partial charge < -0.3 is 10.0 Å². The monoisotopic (exact) mass is 303 g/mol. The lowest BCUT2D eigenvalue weighted by Crippen LogP contribution is -2.28. The molecule has 1 atom stereocenters. The number of halogens is 1. The van der Waals surface area contributed by atoms with Crippen LogP contribution in [-0.2, 0) is 0 Å². The van der Waals surface area contributed by atoms with Gasteiger partial charge in [-0.15, -0.1) is 0 Å². The smallest absolute Gasteiger partial charge is 0.0964 e. The number of anilines is 1. The van der Waals surface area contributed by atoms with Crippen LogP contribution in [0, 0.1) is 13.8 Å². The number of hydrogen-bond donors (Lipinski definition) is 1. The van der Waals surface area contributed by atoms with Crippen LogP contribution in [0.5, 0.6) is 0 Å². The van der Waals surface area contributed by atoms with Crippen LogP contribution in [0.25, 0.3) is 0 Å². The predicted molar refractivity (Wildman–Crippen MR) is 90.2 cm³/mol. The second-order valence-electron chi connectivity index (χ2n) is 5.40. The van der Waals surface area contributed by atoms with E-state index in [-0.39, 0.29) is 0 Å². The molecule has 0 saturated heterocycles. The zero-order valence-corrected chi connectivity index (χ0v) is 13.6. The van der Waals surface area contributed by atoms with Crippen molar-refractivity contribution in [2.24, 2.45) is 0 Å². The molecule has 0 aliphatic carbocycles. The van der Waals surface area contributed by atoms with Crippen LogP contribution >= 0.6 is 11.6 Å². The van der Waals surface area contributed by atoms with Crippen LogP contribution in [0.2, 0.25) is 5.02 Å². The maximum atomic E-state index is 10.5. The van der Waals surface area contributed by atoms with Gasteiger partial charge in [-0.3, -0.25) is 0 Å². The standard InChI is InChI=1S/C18H22ClNO/c1-4-20(16-7-5-6-13(2)10-16)12-18(21)15-8-9-17(19)14(3)11-15/h5-11,18,21H,4,12H2,1-3H3. The second-order valence-corrected chi connectivity index (χ2v) is 5.81. The molecule has 0 fully saturated rings. The van der Waals surface area contributed by atoms with Crippen LogP contribution in [0.4, 0.5) is 5.69 Å². The van der Waals surface area contributed by atoms with Gasteiger partial charge in [-0.05, 0) is 55.7 Å². The van der Waals surface area contributed by atoms with Gasteiger partial charge >= 0.3 is 0 Å². The van der Waals surface area contributed by atoms with E-state index in [4.69, 9.17) is 11.6 Å². The summed E-state index contributed by atoms with van der Waals surface area (Å²) in [5.41, 5.74) is 4.26. The number of aliphatic hydroxyl groups excluding tert-OH is 1. The van der Waals surface area contributed by atoms with Gasteiger partial charge in [0.15, 0.2) is 0 Å². The van der Waals surface area contributed by atoms with Crippen molar-refractivity contribution in [2.45, 2.75) is 26.9 Å². The van der Waals surface area contributed by atoms with Gasteiger partial charge in [0.1, 0.15) is 0 Å². The molecule has 1 N–H and O–H groups in total. The first kappa shape index (κ1) is 15.9. The summed E-state index contributed by atoms with van der Waals surface area (Å²) in [7, 11) is 0. The third-order valence-electron chi connectivity index (χ3n) is 3.71. The SMILES string of the molecule is CCN(CC(O)c1ccc(Cl)c(C)c1)c1cccc(C)c1. The van der Waals surface area contributed by atoms with E-state index in [1.807, 2.05) is 31.2 Å². The Kier molecular flexibility index (Phi) is 5.27. The fourth-order valence-corrected chi connectivity index (χ4v) is 2.55. The minimum atomic E-state index is -0.526. The van der Waals surface area contributed by atoms with Crippen LogP contribution < -0.4 is 4.90 Å². The van der Waals surface area contributed by atoms with Crippen molar-refractivity contribution >= 4 is 17.3 Å². The van der Waals surface area contributed by atoms with Crippen LogP contribution in [0.15, 0.2) is 42.5 Å². The Morgan fingerprint density at radius 2 is 1.90 bits per heavy atom. The summed E-state index contributed by atoms with van der Waals surface area (Å²) in [4.78, 5) is 2.18. The van der Waals surface area contributed by atoms with E-state index in [2.05, 4.69) is 36.9 Å². The zero-order valence-electron chi connectivity index (χ0n) is 12.8. The highest BCUT2D eigenvalue weighted by molar-refractivity contribution is 6.31. The minimum Gasteiger partial charge on any atom is -0.387 e. The number of benzene rings is 2. The Morgan fingerprint density at radius 3 is 2.52 bits per heavy atom. The maximum Gasteiger partial charge on any atom is 0.0964 e. The lowest BCUT2D eigenvalue weighted by Gasteiger charge is -2.26. The van der Waals surface area contributed by atoms with Gasteiger partial charge in [0.2, 0.25) is 0 Å². The lowest BCUT2D eigenvalue weighted by atomic mass is 10.1. The summed E-state index contributed by atoms with van der Waals surface area (Å²) >= 11 is 6.04. The Hall–Kier alpha value is -1.51. The summed E-state index contributed by atoms with van der Waals surface area (Å²) in [5.74, 6) is 0. The maximum absolute atomic E-state index is 10.5. The number of likely N-dealkylation sites (N-methyl/N-ethyl adjacent to an activating group) is 1. The number of rotatable bonds is 5. The quantitative estimate of drug-likeness (QED) is 0.878. The van der Waals surface area contributed by atoms with Gasteiger partial charge in [-0.2, -0.15) is 0 Å². The average molecular weight is 304 g/mol. The summed E-state index contributed by atoms with van der Waals surface area (Å²) in [6.07, 6.45) is -0.526. The first-order valence-electron chi connectivity index (χ1n) is 7.27. The van der Waals surface area contributed by atoms with Gasteiger partial charge in [-0.25, -0.2) is 0 Å². The first-order chi connectivity index (χ1) is 10.0. The summed E-state index contributed by atoms with van der Waals surface area (Å²) in [6, 6.07) is 14.0. The molecule has 0 amide bonds. The van der Waals surface area contributed by atoms with Crippen molar-refractivity contribution in [1.82, 2.24) is 0 Å². The molecule has 2 rings (SSSR count). The molecular weight excluding hydrogens is 282 g/mol. The summed E-state index contributed by atoms with van der Waals surface area (Å²) in [5, 5.41) is 11.2. The molecule has 0 heterocycles. The highest BCUT2D eigenvalue weighted by atomic mass is 35.5. The van der Waals surface area contributed by atoms with E-state index in [1.165, 1.54) is 5.56 Å². The summed E-state index contributed by atoms with van der Waals surface area (Å²) < 4.78 is 0. The number of aliphatic hydroxyl groups is 1. The molecule has 0 aliphatic rings. The molecule has 0 aliphatic heterocycles. The van der Waals surface area contributed by atoms with Crippen LogP contribution in [0.3, 0.4) is 0 Å². The molecule has 2 aromatic carbocycles. The Balaban J connectivity index is 2.16. The van der Waals surface area contributed by atoms with E-state index in [0.29, 0.717) is 6.54 Å². The average Bonchev–Trinajstić information content (AvgIpc) is 2.47. The molecule has 3 heteroatoms. The molecule has 1 unspecified atom stereocenters. The largest absolute Gasteiger partial charge is 0.387 e. The van der Waals surface area contributed by atoms with Crippen molar-refractivity contribution in [2.75, 3.05) is 18.0 Å². The van der Waals surface area contributed by atoms with Crippen molar-refractivity contribution in [1.29, 1.82) is 0 Å². The van der Waals surface area contributed by atoms with Crippen LogP contribution in [-0.4, -0.2) is 18.2 Å². The van der Waals surface area contributed by atoms with E-state index >= 15 is 0 Å². The van der Waals surface area contributed by atoms with Gasteiger partial charge in [0.05, 0.1) is 6.10 Å². The molecule has 2 aromatic rings. The van der Waals surface area contributed by atoms with Gasteiger partial charge in [0.25, 0.3) is 0 Å². The Morgan fingerprint density at radius 1 is 1.14 bits per heavy atom. The van der Waals surface area contributed by atoms with Crippen molar-refractivity contribution < 1.29 is 5.11 Å². The van der Waals surface area contributed by atoms with E-state index in [1.54, 1.807) is 0 Å². The number of hydrogen-bond acceptors (Lipinski definition) is 2. The Labute approximate surface area is 132 Å². The zero-order chi connectivity index (χ0) is 15.4.